The highest BCUT2D eigenvalue weighted by molar-refractivity contribution is 5.92. The highest BCUT2D eigenvalue weighted by atomic mass is 16.6. The first-order chi connectivity index (χ1) is 9.06. The van der Waals surface area contributed by atoms with Crippen LogP contribution in [0, 0.1) is 6.92 Å². The van der Waals surface area contributed by atoms with E-state index in [9.17, 15) is 4.79 Å². The van der Waals surface area contributed by atoms with E-state index in [2.05, 4.69) is 19.9 Å². The Morgan fingerprint density at radius 3 is 2.84 bits per heavy atom. The van der Waals surface area contributed by atoms with Crippen LogP contribution in [0.4, 0.5) is 10.5 Å². The van der Waals surface area contributed by atoms with Crippen molar-refractivity contribution >= 4 is 11.8 Å². The summed E-state index contributed by atoms with van der Waals surface area (Å²) in [5.41, 5.74) is 8.92. The molecule has 4 heteroatoms. The van der Waals surface area contributed by atoms with Crippen molar-refractivity contribution in [1.82, 2.24) is 0 Å². The molecule has 1 heterocycles. The number of nitrogens with zero attached hydrogens (tertiary/aromatic N) is 1. The summed E-state index contributed by atoms with van der Waals surface area (Å²) in [7, 11) is 0. The number of benzene rings is 1. The lowest BCUT2D eigenvalue weighted by molar-refractivity contribution is 0.178. The van der Waals surface area contributed by atoms with Crippen LogP contribution in [0.5, 0.6) is 0 Å². The van der Waals surface area contributed by atoms with Crippen LogP contribution in [0.1, 0.15) is 37.3 Å². The summed E-state index contributed by atoms with van der Waals surface area (Å²) in [6.07, 6.45) is 0.507. The van der Waals surface area contributed by atoms with Crippen LogP contribution in [-0.4, -0.2) is 25.3 Å². The number of anilines is 1. The lowest BCUT2D eigenvalue weighted by atomic mass is 9.96. The fourth-order valence-electron chi connectivity index (χ4n) is 2.62. The minimum Gasteiger partial charge on any atom is -0.447 e. The van der Waals surface area contributed by atoms with Gasteiger partial charge in [0.2, 0.25) is 0 Å². The number of hydrogen-bond donors (Lipinski definition) is 1. The molecular formula is C15H22N2O2. The summed E-state index contributed by atoms with van der Waals surface area (Å²) in [4.78, 5) is 13.8. The predicted molar refractivity (Wildman–Crippen MR) is 76.6 cm³/mol. The first-order valence-corrected chi connectivity index (χ1v) is 6.81. The van der Waals surface area contributed by atoms with Crippen molar-refractivity contribution in [2.75, 3.05) is 18.1 Å². The average Bonchev–Trinajstić information content (AvgIpc) is 2.71. The van der Waals surface area contributed by atoms with E-state index in [-0.39, 0.29) is 12.1 Å². The normalized spacial score (nSPS) is 19.1. The lowest BCUT2D eigenvalue weighted by Gasteiger charge is -2.26. The maximum absolute atomic E-state index is 12.0. The minimum atomic E-state index is -0.255. The molecule has 1 aliphatic heterocycles. The van der Waals surface area contributed by atoms with Gasteiger partial charge in [-0.3, -0.25) is 4.90 Å². The standard InChI is InChI=1S/C15H22N2O2/c1-10(2)13-6-4-5-11(3)14(13)17-12(7-8-16)9-19-15(17)18/h4-6,10,12H,7-9,16H2,1-3H3. The average molecular weight is 262 g/mol. The molecule has 1 fully saturated rings. The molecule has 0 bridgehead atoms. The van der Waals surface area contributed by atoms with E-state index in [0.29, 0.717) is 19.1 Å². The van der Waals surface area contributed by atoms with Gasteiger partial charge in [-0.2, -0.15) is 0 Å². The Balaban J connectivity index is 2.47. The van der Waals surface area contributed by atoms with Gasteiger partial charge in [0.25, 0.3) is 0 Å². The first kappa shape index (κ1) is 13.9. The Morgan fingerprint density at radius 1 is 1.47 bits per heavy atom. The Kier molecular flexibility index (Phi) is 4.10. The van der Waals surface area contributed by atoms with Crippen molar-refractivity contribution in [3.05, 3.63) is 29.3 Å². The first-order valence-electron chi connectivity index (χ1n) is 6.81. The number of cyclic esters (lactones) is 1. The van der Waals surface area contributed by atoms with Gasteiger partial charge < -0.3 is 10.5 Å². The molecule has 2 N–H and O–H groups in total. The van der Waals surface area contributed by atoms with Gasteiger partial charge in [-0.25, -0.2) is 4.79 Å². The predicted octanol–water partition coefficient (Wildman–Crippen LogP) is 2.79. The van der Waals surface area contributed by atoms with Crippen molar-refractivity contribution in [1.29, 1.82) is 0 Å². The summed E-state index contributed by atoms with van der Waals surface area (Å²) in [5.74, 6) is 0.363. The molecule has 0 aromatic heterocycles. The van der Waals surface area contributed by atoms with Crippen molar-refractivity contribution in [2.24, 2.45) is 5.73 Å². The van der Waals surface area contributed by atoms with E-state index in [1.54, 1.807) is 4.90 Å². The summed E-state index contributed by atoms with van der Waals surface area (Å²) >= 11 is 0. The monoisotopic (exact) mass is 262 g/mol. The van der Waals surface area contributed by atoms with Crippen LogP contribution in [-0.2, 0) is 4.74 Å². The van der Waals surface area contributed by atoms with E-state index in [1.807, 2.05) is 19.1 Å². The Morgan fingerprint density at radius 2 is 2.21 bits per heavy atom. The molecule has 0 aliphatic carbocycles. The van der Waals surface area contributed by atoms with Crippen LogP contribution in [0.25, 0.3) is 0 Å². The fourth-order valence-corrected chi connectivity index (χ4v) is 2.62. The Bertz CT molecular complexity index is 471. The van der Waals surface area contributed by atoms with Gasteiger partial charge in [-0.1, -0.05) is 32.0 Å². The number of para-hydroxylation sites is 1. The number of carbonyl (C=O) groups excluding carboxylic acids is 1. The van der Waals surface area contributed by atoms with Crippen molar-refractivity contribution in [2.45, 2.75) is 39.2 Å². The molecule has 4 nitrogen and oxygen atoms in total. The second-order valence-electron chi connectivity index (χ2n) is 5.35. The highest BCUT2D eigenvalue weighted by Crippen LogP contribution is 2.35. The van der Waals surface area contributed by atoms with Gasteiger partial charge in [0.1, 0.15) is 6.61 Å². The molecule has 2 rings (SSSR count). The SMILES string of the molecule is Cc1cccc(C(C)C)c1N1C(=O)OCC1CCN. The van der Waals surface area contributed by atoms with Crippen molar-refractivity contribution < 1.29 is 9.53 Å². The van der Waals surface area contributed by atoms with Crippen molar-refractivity contribution in [3.63, 3.8) is 0 Å². The lowest BCUT2D eigenvalue weighted by Crippen LogP contribution is -2.36. The molecule has 0 radical (unpaired) electrons. The third-order valence-electron chi connectivity index (χ3n) is 3.59. The number of carbonyl (C=O) groups is 1. The van der Waals surface area contributed by atoms with Gasteiger partial charge in [-0.05, 0) is 36.9 Å². The zero-order chi connectivity index (χ0) is 14.0. The fraction of sp³-hybridized carbons (Fsp3) is 0.533. The molecule has 104 valence electrons. The maximum atomic E-state index is 12.0. The van der Waals surface area contributed by atoms with E-state index in [1.165, 1.54) is 5.56 Å². The molecule has 1 aromatic rings. The minimum absolute atomic E-state index is 0.0519. The van der Waals surface area contributed by atoms with Crippen LogP contribution in [0.15, 0.2) is 18.2 Å². The van der Waals surface area contributed by atoms with Crippen molar-refractivity contribution in [3.8, 4) is 0 Å². The van der Waals surface area contributed by atoms with Gasteiger partial charge in [0.05, 0.1) is 11.7 Å². The largest absolute Gasteiger partial charge is 0.447 e. The number of rotatable bonds is 4. The maximum Gasteiger partial charge on any atom is 0.414 e. The van der Waals surface area contributed by atoms with E-state index < -0.39 is 0 Å². The van der Waals surface area contributed by atoms with Crippen LogP contribution < -0.4 is 10.6 Å². The summed E-state index contributed by atoms with van der Waals surface area (Å²) < 4.78 is 5.21. The van der Waals surface area contributed by atoms with Gasteiger partial charge in [-0.15, -0.1) is 0 Å². The van der Waals surface area contributed by atoms with Crippen LogP contribution in [0.3, 0.4) is 0 Å². The molecule has 1 amide bonds. The highest BCUT2D eigenvalue weighted by Gasteiger charge is 2.35. The zero-order valence-electron chi connectivity index (χ0n) is 11.8. The number of aryl methyl sites for hydroxylation is 1. The molecule has 0 saturated carbocycles. The molecule has 1 aliphatic rings. The summed E-state index contributed by atoms with van der Waals surface area (Å²) in [6, 6.07) is 6.20. The smallest absolute Gasteiger partial charge is 0.414 e. The molecule has 1 saturated heterocycles. The van der Waals surface area contributed by atoms with E-state index >= 15 is 0 Å². The van der Waals surface area contributed by atoms with Gasteiger partial charge in [0.15, 0.2) is 0 Å². The molecule has 19 heavy (non-hydrogen) atoms. The van der Waals surface area contributed by atoms with E-state index in [0.717, 1.165) is 17.7 Å². The topological polar surface area (TPSA) is 55.6 Å². The second kappa shape index (κ2) is 5.61. The number of nitrogens with two attached hydrogens (primary N) is 1. The third kappa shape index (κ3) is 2.59. The second-order valence-corrected chi connectivity index (χ2v) is 5.35. The van der Waals surface area contributed by atoms with Crippen LogP contribution in [0.2, 0.25) is 0 Å². The Labute approximate surface area is 114 Å². The summed E-state index contributed by atoms with van der Waals surface area (Å²) in [5, 5.41) is 0. The number of hydrogen-bond acceptors (Lipinski definition) is 3. The van der Waals surface area contributed by atoms with Gasteiger partial charge >= 0.3 is 6.09 Å². The molecule has 1 atom stereocenters. The van der Waals surface area contributed by atoms with E-state index in [4.69, 9.17) is 10.5 Å². The van der Waals surface area contributed by atoms with Gasteiger partial charge in [0, 0.05) is 0 Å². The van der Waals surface area contributed by atoms with Crippen LogP contribution >= 0.6 is 0 Å². The zero-order valence-corrected chi connectivity index (χ0v) is 11.8. The third-order valence-corrected chi connectivity index (χ3v) is 3.59. The molecular weight excluding hydrogens is 240 g/mol. The summed E-state index contributed by atoms with van der Waals surface area (Å²) in [6.45, 7) is 7.30. The quantitative estimate of drug-likeness (QED) is 0.907. The molecule has 1 unspecified atom stereocenters. The number of ether oxygens (including phenoxy) is 1. The Hall–Kier alpha value is -1.55. The number of amides is 1. The molecule has 1 aromatic carbocycles. The molecule has 0 spiro atoms.